The van der Waals surface area contributed by atoms with E-state index in [0.717, 1.165) is 62.0 Å². The van der Waals surface area contributed by atoms with Crippen LogP contribution in [0.2, 0.25) is 0 Å². The Morgan fingerprint density at radius 3 is 2.52 bits per heavy atom. The van der Waals surface area contributed by atoms with E-state index in [1.165, 1.54) is 14.2 Å². The second-order valence-electron chi connectivity index (χ2n) is 8.05. The molecule has 1 N–H and O–H groups in total. The summed E-state index contributed by atoms with van der Waals surface area (Å²) in [7, 11) is 3.00. The monoisotopic (exact) mass is 403 g/mol. The number of benzene rings is 1. The highest BCUT2D eigenvalue weighted by molar-refractivity contribution is 5.76. The first kappa shape index (κ1) is 20.0. The van der Waals surface area contributed by atoms with Gasteiger partial charge in [0.15, 0.2) is 11.5 Å². The molecular formula is C22H30FN3O3. The number of carbonyl (C=O) groups excluding carboxylic acids is 1. The van der Waals surface area contributed by atoms with E-state index in [1.54, 1.807) is 0 Å². The molecule has 3 aliphatic rings. The van der Waals surface area contributed by atoms with Gasteiger partial charge >= 0.3 is 0 Å². The first-order chi connectivity index (χ1) is 14.1. The van der Waals surface area contributed by atoms with Gasteiger partial charge in [0, 0.05) is 43.9 Å². The Balaban J connectivity index is 1.52. The largest absolute Gasteiger partial charge is 0.494 e. The second kappa shape index (κ2) is 8.22. The fourth-order valence-corrected chi connectivity index (χ4v) is 4.50. The van der Waals surface area contributed by atoms with Crippen LogP contribution < -0.4 is 14.9 Å². The van der Waals surface area contributed by atoms with Gasteiger partial charge in [0.05, 0.1) is 14.2 Å². The minimum atomic E-state index is -0.419. The lowest BCUT2D eigenvalue weighted by atomic mass is 9.95. The molecule has 1 amide bonds. The molecule has 0 aromatic heterocycles. The van der Waals surface area contributed by atoms with E-state index in [4.69, 9.17) is 9.47 Å². The number of piperidine rings is 1. The van der Waals surface area contributed by atoms with Crippen LogP contribution in [0.15, 0.2) is 12.3 Å². The summed E-state index contributed by atoms with van der Waals surface area (Å²) in [6, 6.07) is 2.18. The number of amides is 1. The standard InChI is InChI=1S/C22H30FN3O3/c1-4-19(27)25-9-7-16(8-10-25)26-13-15(12-24-26)17-11-18(28-2)21(23)22(29-3)20(17)14-5-6-14/h11-12,14,16,24H,4-10,13H2,1-3H3. The molecule has 158 valence electrons. The molecule has 2 fully saturated rings. The van der Waals surface area contributed by atoms with Crippen LogP contribution in [0.3, 0.4) is 0 Å². The molecule has 7 heteroatoms. The zero-order chi connectivity index (χ0) is 20.5. The summed E-state index contributed by atoms with van der Waals surface area (Å²) < 4.78 is 25.5. The van der Waals surface area contributed by atoms with Crippen molar-refractivity contribution in [2.24, 2.45) is 0 Å². The van der Waals surface area contributed by atoms with Crippen LogP contribution in [0.5, 0.6) is 11.5 Å². The Hall–Kier alpha value is -2.28. The van der Waals surface area contributed by atoms with E-state index in [2.05, 4.69) is 10.4 Å². The minimum absolute atomic E-state index is 0.215. The maximum Gasteiger partial charge on any atom is 0.222 e. The topological polar surface area (TPSA) is 54.0 Å². The number of halogens is 1. The first-order valence-electron chi connectivity index (χ1n) is 10.5. The molecule has 2 heterocycles. The summed E-state index contributed by atoms with van der Waals surface area (Å²) >= 11 is 0. The number of carbonyl (C=O) groups is 1. The molecule has 1 aromatic rings. The summed E-state index contributed by atoms with van der Waals surface area (Å²) in [6.45, 7) is 4.26. The van der Waals surface area contributed by atoms with E-state index in [1.807, 2.05) is 24.1 Å². The number of methoxy groups -OCH3 is 2. The van der Waals surface area contributed by atoms with E-state index in [0.29, 0.717) is 24.1 Å². The second-order valence-corrected chi connectivity index (χ2v) is 8.05. The first-order valence-corrected chi connectivity index (χ1v) is 10.5. The van der Waals surface area contributed by atoms with Gasteiger partial charge in [-0.15, -0.1) is 0 Å². The minimum Gasteiger partial charge on any atom is -0.494 e. The molecular weight excluding hydrogens is 373 g/mol. The fraction of sp³-hybridized carbons (Fsp3) is 0.591. The average molecular weight is 403 g/mol. The predicted molar refractivity (Wildman–Crippen MR) is 109 cm³/mol. The molecule has 1 aliphatic carbocycles. The lowest BCUT2D eigenvalue weighted by Crippen LogP contribution is -2.48. The molecule has 0 spiro atoms. The van der Waals surface area contributed by atoms with Crippen LogP contribution in [0.1, 0.15) is 56.1 Å². The van der Waals surface area contributed by atoms with Crippen LogP contribution in [-0.4, -0.2) is 55.7 Å². The Kier molecular flexibility index (Phi) is 5.67. The van der Waals surface area contributed by atoms with Crippen LogP contribution >= 0.6 is 0 Å². The Labute approximate surface area is 171 Å². The number of likely N-dealkylation sites (tertiary alicyclic amines) is 1. The maximum atomic E-state index is 14.8. The number of nitrogens with zero attached hydrogens (tertiary/aromatic N) is 2. The van der Waals surface area contributed by atoms with Crippen molar-refractivity contribution in [1.82, 2.24) is 15.3 Å². The van der Waals surface area contributed by atoms with Crippen LogP contribution in [0.25, 0.3) is 5.57 Å². The Morgan fingerprint density at radius 2 is 1.93 bits per heavy atom. The number of hydrogen-bond acceptors (Lipinski definition) is 5. The average Bonchev–Trinajstić information content (AvgIpc) is 3.48. The molecule has 1 saturated heterocycles. The number of hydrogen-bond donors (Lipinski definition) is 1. The number of nitrogens with one attached hydrogen (secondary N) is 1. The summed E-state index contributed by atoms with van der Waals surface area (Å²) in [5.74, 6) is 0.687. The molecule has 0 unspecified atom stereocenters. The van der Waals surface area contributed by atoms with Gasteiger partial charge in [-0.05, 0) is 48.8 Å². The van der Waals surface area contributed by atoms with Crippen LogP contribution in [0.4, 0.5) is 4.39 Å². The van der Waals surface area contributed by atoms with Crippen molar-refractivity contribution in [2.45, 2.75) is 51.0 Å². The van der Waals surface area contributed by atoms with Gasteiger partial charge < -0.3 is 19.8 Å². The fourth-order valence-electron chi connectivity index (χ4n) is 4.50. The van der Waals surface area contributed by atoms with E-state index in [9.17, 15) is 9.18 Å². The zero-order valence-corrected chi connectivity index (χ0v) is 17.5. The Bertz CT molecular complexity index is 814. The van der Waals surface area contributed by atoms with Gasteiger partial charge in [0.2, 0.25) is 11.7 Å². The Morgan fingerprint density at radius 1 is 1.21 bits per heavy atom. The predicted octanol–water partition coefficient (Wildman–Crippen LogP) is 3.28. The van der Waals surface area contributed by atoms with Gasteiger partial charge in [0.1, 0.15) is 0 Å². The molecule has 2 aliphatic heterocycles. The van der Waals surface area contributed by atoms with E-state index >= 15 is 0 Å². The highest BCUT2D eigenvalue weighted by Crippen LogP contribution is 2.50. The van der Waals surface area contributed by atoms with Gasteiger partial charge in [0.25, 0.3) is 0 Å². The van der Waals surface area contributed by atoms with Crippen molar-refractivity contribution < 1.29 is 18.7 Å². The molecule has 1 aromatic carbocycles. The van der Waals surface area contributed by atoms with Crippen molar-refractivity contribution in [3.63, 3.8) is 0 Å². The van der Waals surface area contributed by atoms with Crippen molar-refractivity contribution in [2.75, 3.05) is 33.9 Å². The maximum absolute atomic E-state index is 14.8. The van der Waals surface area contributed by atoms with Gasteiger partial charge in [-0.2, -0.15) is 4.39 Å². The molecule has 6 nitrogen and oxygen atoms in total. The lowest BCUT2D eigenvalue weighted by Gasteiger charge is -2.36. The quantitative estimate of drug-likeness (QED) is 0.790. The normalized spacial score (nSPS) is 20.4. The van der Waals surface area contributed by atoms with Crippen molar-refractivity contribution in [3.05, 3.63) is 29.2 Å². The van der Waals surface area contributed by atoms with Crippen LogP contribution in [0, 0.1) is 5.82 Å². The molecule has 29 heavy (non-hydrogen) atoms. The van der Waals surface area contributed by atoms with Crippen molar-refractivity contribution in [1.29, 1.82) is 0 Å². The molecule has 0 radical (unpaired) electrons. The molecule has 0 bridgehead atoms. The van der Waals surface area contributed by atoms with Crippen LogP contribution in [-0.2, 0) is 4.79 Å². The van der Waals surface area contributed by atoms with Crippen molar-refractivity contribution >= 4 is 11.5 Å². The lowest BCUT2D eigenvalue weighted by molar-refractivity contribution is -0.132. The summed E-state index contributed by atoms with van der Waals surface area (Å²) in [6.07, 6.45) is 6.60. The summed E-state index contributed by atoms with van der Waals surface area (Å²) in [4.78, 5) is 13.9. The summed E-state index contributed by atoms with van der Waals surface area (Å²) in [5.41, 5.74) is 6.49. The smallest absolute Gasteiger partial charge is 0.222 e. The zero-order valence-electron chi connectivity index (χ0n) is 17.5. The summed E-state index contributed by atoms with van der Waals surface area (Å²) in [5, 5.41) is 2.24. The molecule has 0 atom stereocenters. The third-order valence-corrected chi connectivity index (χ3v) is 6.29. The molecule has 1 saturated carbocycles. The van der Waals surface area contributed by atoms with Gasteiger partial charge in [-0.1, -0.05) is 6.92 Å². The van der Waals surface area contributed by atoms with Gasteiger partial charge in [-0.3, -0.25) is 4.79 Å². The SMILES string of the molecule is CCC(=O)N1CCC(N2CC(c3cc(OC)c(F)c(OC)c3C3CC3)=CN2)CC1. The number of hydrazine groups is 1. The van der Waals surface area contributed by atoms with Gasteiger partial charge in [-0.25, -0.2) is 5.01 Å². The highest BCUT2D eigenvalue weighted by Gasteiger charge is 2.35. The third-order valence-electron chi connectivity index (χ3n) is 6.29. The third kappa shape index (κ3) is 3.80. The van der Waals surface area contributed by atoms with E-state index < -0.39 is 5.82 Å². The number of rotatable bonds is 6. The number of ether oxygens (including phenoxy) is 2. The van der Waals surface area contributed by atoms with E-state index in [-0.39, 0.29) is 11.7 Å². The highest BCUT2D eigenvalue weighted by atomic mass is 19.1. The molecule has 4 rings (SSSR count). The van der Waals surface area contributed by atoms with Crippen molar-refractivity contribution in [3.8, 4) is 11.5 Å².